The van der Waals surface area contributed by atoms with Crippen LogP contribution in [0.4, 0.5) is 11.4 Å². The fourth-order valence-electron chi connectivity index (χ4n) is 2.22. The molecule has 1 N–H and O–H groups in total. The molecule has 0 saturated heterocycles. The van der Waals surface area contributed by atoms with E-state index in [1.165, 1.54) is 5.56 Å². The molecule has 0 spiro atoms. The summed E-state index contributed by atoms with van der Waals surface area (Å²) < 4.78 is 0. The smallest absolute Gasteiger partial charge is 0.0782 e. The zero-order valence-electron chi connectivity index (χ0n) is 11.1. The second-order valence-electron chi connectivity index (χ2n) is 4.58. The number of aryl methyl sites for hydroxylation is 1. The lowest BCUT2D eigenvalue weighted by Crippen LogP contribution is -2.13. The topological polar surface area (TPSA) is 23.5 Å². The third-order valence-corrected chi connectivity index (χ3v) is 3.23. The molecule has 0 fully saturated rings. The molecule has 2 heteroatoms. The van der Waals surface area contributed by atoms with E-state index in [0.29, 0.717) is 0 Å². The van der Waals surface area contributed by atoms with Crippen LogP contribution < -0.4 is 4.90 Å². The van der Waals surface area contributed by atoms with Gasteiger partial charge in [0.05, 0.1) is 6.10 Å². The molecule has 0 aliphatic rings. The number of nitrogens with zero attached hydrogens (tertiary/aromatic N) is 1. The molecule has 0 bridgehead atoms. The molecule has 94 valence electrons. The minimum Gasteiger partial charge on any atom is -0.389 e. The van der Waals surface area contributed by atoms with Crippen LogP contribution in [0.15, 0.2) is 48.5 Å². The average molecular weight is 241 g/mol. The van der Waals surface area contributed by atoms with Gasteiger partial charge < -0.3 is 10.0 Å². The van der Waals surface area contributed by atoms with E-state index in [0.717, 1.165) is 16.9 Å². The third-order valence-electron chi connectivity index (χ3n) is 3.23. The van der Waals surface area contributed by atoms with Crippen LogP contribution in [0.1, 0.15) is 24.2 Å². The largest absolute Gasteiger partial charge is 0.389 e. The number of anilines is 2. The highest BCUT2D eigenvalue weighted by Gasteiger charge is 2.13. The Kier molecular flexibility index (Phi) is 3.68. The first-order valence-electron chi connectivity index (χ1n) is 6.17. The number of para-hydroxylation sites is 2. The zero-order valence-corrected chi connectivity index (χ0v) is 11.1. The third kappa shape index (κ3) is 2.39. The van der Waals surface area contributed by atoms with Crippen molar-refractivity contribution < 1.29 is 5.11 Å². The molecule has 1 atom stereocenters. The summed E-state index contributed by atoms with van der Waals surface area (Å²) >= 11 is 0. The lowest BCUT2D eigenvalue weighted by atomic mass is 10.1. The summed E-state index contributed by atoms with van der Waals surface area (Å²) in [4.78, 5) is 2.12. The Hall–Kier alpha value is -1.80. The van der Waals surface area contributed by atoms with Gasteiger partial charge >= 0.3 is 0 Å². The van der Waals surface area contributed by atoms with Gasteiger partial charge in [-0.3, -0.25) is 0 Å². The molecular formula is C16H19NO. The highest BCUT2D eigenvalue weighted by Crippen LogP contribution is 2.31. The van der Waals surface area contributed by atoms with Gasteiger partial charge in [-0.2, -0.15) is 0 Å². The summed E-state index contributed by atoms with van der Waals surface area (Å²) in [7, 11) is 2.03. The first-order chi connectivity index (χ1) is 8.61. The fourth-order valence-corrected chi connectivity index (χ4v) is 2.22. The highest BCUT2D eigenvalue weighted by molar-refractivity contribution is 5.68. The molecule has 0 aliphatic carbocycles. The van der Waals surface area contributed by atoms with E-state index >= 15 is 0 Å². The molecule has 0 aromatic heterocycles. The van der Waals surface area contributed by atoms with E-state index in [9.17, 15) is 5.11 Å². The van der Waals surface area contributed by atoms with Crippen molar-refractivity contribution in [3.63, 3.8) is 0 Å². The van der Waals surface area contributed by atoms with E-state index in [1.54, 1.807) is 6.92 Å². The first-order valence-corrected chi connectivity index (χ1v) is 6.17. The first kappa shape index (κ1) is 12.7. The lowest BCUT2D eigenvalue weighted by molar-refractivity contribution is 0.200. The number of rotatable bonds is 3. The van der Waals surface area contributed by atoms with Crippen molar-refractivity contribution in [1.29, 1.82) is 0 Å². The molecule has 18 heavy (non-hydrogen) atoms. The summed E-state index contributed by atoms with van der Waals surface area (Å²) in [5.41, 5.74) is 4.37. The molecule has 2 nitrogen and oxygen atoms in total. The van der Waals surface area contributed by atoms with Crippen molar-refractivity contribution in [2.45, 2.75) is 20.0 Å². The number of aliphatic hydroxyl groups excluding tert-OH is 1. The normalized spacial score (nSPS) is 12.2. The Morgan fingerprint density at radius 3 is 2.11 bits per heavy atom. The molecule has 2 rings (SSSR count). The van der Waals surface area contributed by atoms with Crippen molar-refractivity contribution in [1.82, 2.24) is 0 Å². The minimum absolute atomic E-state index is 0.465. The van der Waals surface area contributed by atoms with Crippen LogP contribution in [0, 0.1) is 6.92 Å². The Labute approximate surface area is 109 Å². The van der Waals surface area contributed by atoms with Gasteiger partial charge in [0.1, 0.15) is 0 Å². The van der Waals surface area contributed by atoms with E-state index in [2.05, 4.69) is 24.0 Å². The van der Waals surface area contributed by atoms with E-state index < -0.39 is 6.10 Å². The second-order valence-corrected chi connectivity index (χ2v) is 4.58. The number of hydrogen-bond acceptors (Lipinski definition) is 2. The maximum atomic E-state index is 9.84. The molecule has 2 aromatic carbocycles. The fraction of sp³-hybridized carbons (Fsp3) is 0.250. The summed E-state index contributed by atoms with van der Waals surface area (Å²) in [6.45, 7) is 3.89. The van der Waals surface area contributed by atoms with Gasteiger partial charge in [0, 0.05) is 24.0 Å². The van der Waals surface area contributed by atoms with Crippen molar-refractivity contribution in [3.05, 3.63) is 59.7 Å². The summed E-state index contributed by atoms with van der Waals surface area (Å²) in [5, 5.41) is 9.84. The van der Waals surface area contributed by atoms with Crippen molar-refractivity contribution in [2.24, 2.45) is 0 Å². The van der Waals surface area contributed by atoms with Gasteiger partial charge in [-0.05, 0) is 31.5 Å². The van der Waals surface area contributed by atoms with Crippen LogP contribution in [0.25, 0.3) is 0 Å². The molecule has 0 heterocycles. The number of aliphatic hydroxyl groups is 1. The van der Waals surface area contributed by atoms with Crippen molar-refractivity contribution in [2.75, 3.05) is 11.9 Å². The standard InChI is InChI=1S/C16H19NO/c1-12-8-4-6-10-15(12)17(3)16-11-7-5-9-14(16)13(2)18/h4-11,13,18H,1-3H3/t13-/m1/s1. The monoisotopic (exact) mass is 241 g/mol. The van der Waals surface area contributed by atoms with Crippen LogP contribution in [-0.4, -0.2) is 12.2 Å². The van der Waals surface area contributed by atoms with E-state index in [-0.39, 0.29) is 0 Å². The predicted molar refractivity (Wildman–Crippen MR) is 76.3 cm³/mol. The Bertz CT molecular complexity index is 534. The van der Waals surface area contributed by atoms with Crippen LogP contribution in [0.5, 0.6) is 0 Å². The summed E-state index contributed by atoms with van der Waals surface area (Å²) in [6, 6.07) is 16.2. The van der Waals surface area contributed by atoms with Crippen LogP contribution in [0.3, 0.4) is 0 Å². The molecular weight excluding hydrogens is 222 g/mol. The Morgan fingerprint density at radius 1 is 0.944 bits per heavy atom. The van der Waals surface area contributed by atoms with Gasteiger partial charge in [-0.1, -0.05) is 36.4 Å². The molecule has 0 amide bonds. The van der Waals surface area contributed by atoms with Crippen molar-refractivity contribution >= 4 is 11.4 Å². The van der Waals surface area contributed by atoms with Gasteiger partial charge in [0.15, 0.2) is 0 Å². The average Bonchev–Trinajstić information content (AvgIpc) is 2.38. The van der Waals surface area contributed by atoms with Gasteiger partial charge in [-0.15, -0.1) is 0 Å². The SMILES string of the molecule is Cc1ccccc1N(C)c1ccccc1[C@@H](C)O. The summed E-state index contributed by atoms with van der Waals surface area (Å²) in [6.07, 6.45) is -0.465. The molecule has 0 saturated carbocycles. The zero-order chi connectivity index (χ0) is 13.1. The maximum absolute atomic E-state index is 9.84. The van der Waals surface area contributed by atoms with E-state index in [1.807, 2.05) is 43.4 Å². The predicted octanol–water partition coefficient (Wildman–Crippen LogP) is 3.82. The molecule has 2 aromatic rings. The van der Waals surface area contributed by atoms with Gasteiger partial charge in [-0.25, -0.2) is 0 Å². The second kappa shape index (κ2) is 5.23. The minimum atomic E-state index is -0.465. The number of benzene rings is 2. The Morgan fingerprint density at radius 2 is 1.50 bits per heavy atom. The molecule has 0 aliphatic heterocycles. The Balaban J connectivity index is 2.46. The summed E-state index contributed by atoms with van der Waals surface area (Å²) in [5.74, 6) is 0. The maximum Gasteiger partial charge on any atom is 0.0782 e. The molecule has 0 radical (unpaired) electrons. The van der Waals surface area contributed by atoms with E-state index in [4.69, 9.17) is 0 Å². The highest BCUT2D eigenvalue weighted by atomic mass is 16.3. The lowest BCUT2D eigenvalue weighted by Gasteiger charge is -2.25. The van der Waals surface area contributed by atoms with Gasteiger partial charge in [0.25, 0.3) is 0 Å². The van der Waals surface area contributed by atoms with Crippen LogP contribution in [-0.2, 0) is 0 Å². The van der Waals surface area contributed by atoms with Crippen molar-refractivity contribution in [3.8, 4) is 0 Å². The van der Waals surface area contributed by atoms with Crippen LogP contribution in [0.2, 0.25) is 0 Å². The molecule has 0 unspecified atom stereocenters. The van der Waals surface area contributed by atoms with Crippen LogP contribution >= 0.6 is 0 Å². The number of hydrogen-bond donors (Lipinski definition) is 1. The van der Waals surface area contributed by atoms with Gasteiger partial charge in [0.2, 0.25) is 0 Å². The quantitative estimate of drug-likeness (QED) is 0.883.